The van der Waals surface area contributed by atoms with Crippen molar-refractivity contribution in [1.29, 1.82) is 0 Å². The number of hydrogen-bond acceptors (Lipinski definition) is 7. The maximum absolute atomic E-state index is 12.0. The molecule has 1 aliphatic heterocycles. The molecule has 4 rings (SSSR count). The predicted octanol–water partition coefficient (Wildman–Crippen LogP) is 1.92. The second kappa shape index (κ2) is 9.65. The van der Waals surface area contributed by atoms with E-state index in [2.05, 4.69) is 31.0 Å². The van der Waals surface area contributed by atoms with Crippen molar-refractivity contribution >= 4 is 5.91 Å². The minimum Gasteiger partial charge on any atom is -0.497 e. The quantitative estimate of drug-likeness (QED) is 0.589. The minimum atomic E-state index is -0.149. The number of benzene rings is 1. The van der Waals surface area contributed by atoms with Gasteiger partial charge in [-0.05, 0) is 12.1 Å². The standard InChI is InChI=1S/C22H27N5O4/c1-29-18-4-3-16(19(13-18)30-2)14-26-9-6-21-25-24-20(27(21)11-10-26)5-8-23-22(28)17-7-12-31-15-17/h3-4,7,12-13,15H,5-6,8-11,14H2,1-2H3,(H,23,28). The molecule has 1 aliphatic rings. The molecule has 0 saturated carbocycles. The summed E-state index contributed by atoms with van der Waals surface area (Å²) in [5.41, 5.74) is 1.65. The molecule has 9 nitrogen and oxygen atoms in total. The molecule has 0 saturated heterocycles. The fourth-order valence-corrected chi connectivity index (χ4v) is 3.78. The Morgan fingerprint density at radius 2 is 2.06 bits per heavy atom. The summed E-state index contributed by atoms with van der Waals surface area (Å²) >= 11 is 0. The van der Waals surface area contributed by atoms with E-state index in [9.17, 15) is 4.79 Å². The van der Waals surface area contributed by atoms with Crippen molar-refractivity contribution in [3.63, 3.8) is 0 Å². The van der Waals surface area contributed by atoms with Crippen LogP contribution in [0.2, 0.25) is 0 Å². The number of carbonyl (C=O) groups excluding carboxylic acids is 1. The molecule has 0 spiro atoms. The number of nitrogens with one attached hydrogen (secondary N) is 1. The molecule has 31 heavy (non-hydrogen) atoms. The first-order valence-electron chi connectivity index (χ1n) is 10.3. The van der Waals surface area contributed by atoms with Crippen molar-refractivity contribution < 1.29 is 18.7 Å². The Bertz CT molecular complexity index is 1020. The van der Waals surface area contributed by atoms with Crippen LogP contribution in [0.1, 0.15) is 27.6 Å². The smallest absolute Gasteiger partial charge is 0.254 e. The van der Waals surface area contributed by atoms with E-state index in [1.165, 1.54) is 12.5 Å². The zero-order chi connectivity index (χ0) is 21.6. The number of ether oxygens (including phenoxy) is 2. The van der Waals surface area contributed by atoms with Crippen molar-refractivity contribution in [2.45, 2.75) is 25.9 Å². The fraction of sp³-hybridized carbons (Fsp3) is 0.409. The highest BCUT2D eigenvalue weighted by molar-refractivity contribution is 5.93. The van der Waals surface area contributed by atoms with Crippen LogP contribution in [0.5, 0.6) is 11.5 Å². The van der Waals surface area contributed by atoms with E-state index in [0.717, 1.165) is 61.3 Å². The van der Waals surface area contributed by atoms with E-state index in [4.69, 9.17) is 13.9 Å². The van der Waals surface area contributed by atoms with Gasteiger partial charge in [0.2, 0.25) is 0 Å². The number of rotatable bonds is 8. The highest BCUT2D eigenvalue weighted by Gasteiger charge is 2.20. The summed E-state index contributed by atoms with van der Waals surface area (Å²) in [7, 11) is 3.33. The first kappa shape index (κ1) is 20.9. The first-order chi connectivity index (χ1) is 15.2. The normalized spacial score (nSPS) is 14.0. The van der Waals surface area contributed by atoms with Crippen molar-refractivity contribution in [2.75, 3.05) is 33.9 Å². The highest BCUT2D eigenvalue weighted by atomic mass is 16.5. The van der Waals surface area contributed by atoms with Gasteiger partial charge in [0.25, 0.3) is 5.91 Å². The Morgan fingerprint density at radius 3 is 2.84 bits per heavy atom. The number of nitrogens with zero attached hydrogens (tertiary/aromatic N) is 4. The monoisotopic (exact) mass is 425 g/mol. The summed E-state index contributed by atoms with van der Waals surface area (Å²) in [5, 5.41) is 11.6. The average Bonchev–Trinajstić information content (AvgIpc) is 3.42. The van der Waals surface area contributed by atoms with Gasteiger partial charge in [0.1, 0.15) is 29.4 Å². The van der Waals surface area contributed by atoms with Gasteiger partial charge in [-0.1, -0.05) is 6.07 Å². The zero-order valence-corrected chi connectivity index (χ0v) is 17.8. The van der Waals surface area contributed by atoms with E-state index in [-0.39, 0.29) is 5.91 Å². The number of methoxy groups -OCH3 is 2. The maximum Gasteiger partial charge on any atom is 0.254 e. The average molecular weight is 425 g/mol. The van der Waals surface area contributed by atoms with Gasteiger partial charge < -0.3 is 23.8 Å². The lowest BCUT2D eigenvalue weighted by Crippen LogP contribution is -2.28. The summed E-state index contributed by atoms with van der Waals surface area (Å²) in [5.74, 6) is 3.35. The summed E-state index contributed by atoms with van der Waals surface area (Å²) in [6, 6.07) is 7.57. The maximum atomic E-state index is 12.0. The molecule has 2 aromatic heterocycles. The molecule has 0 atom stereocenters. The van der Waals surface area contributed by atoms with Gasteiger partial charge in [0.05, 0.1) is 26.0 Å². The molecule has 0 aliphatic carbocycles. The van der Waals surface area contributed by atoms with Crippen LogP contribution in [-0.2, 0) is 25.9 Å². The Labute approximate surface area is 181 Å². The van der Waals surface area contributed by atoms with Gasteiger partial charge in [-0.15, -0.1) is 10.2 Å². The summed E-state index contributed by atoms with van der Waals surface area (Å²) in [6.45, 7) is 3.88. The van der Waals surface area contributed by atoms with Crippen LogP contribution in [0, 0.1) is 0 Å². The first-order valence-corrected chi connectivity index (χ1v) is 10.3. The SMILES string of the molecule is COc1ccc(CN2CCc3nnc(CCNC(=O)c4ccoc4)n3CC2)c(OC)c1. The van der Waals surface area contributed by atoms with E-state index in [1.807, 2.05) is 12.1 Å². The van der Waals surface area contributed by atoms with Gasteiger partial charge in [-0.2, -0.15) is 0 Å². The van der Waals surface area contributed by atoms with Crippen LogP contribution in [0.3, 0.4) is 0 Å². The molecule has 0 bridgehead atoms. The van der Waals surface area contributed by atoms with Crippen molar-refractivity contribution in [2.24, 2.45) is 0 Å². The van der Waals surface area contributed by atoms with Crippen molar-refractivity contribution in [3.05, 3.63) is 59.6 Å². The van der Waals surface area contributed by atoms with E-state index >= 15 is 0 Å². The number of furan rings is 1. The minimum absolute atomic E-state index is 0.149. The number of carbonyl (C=O) groups is 1. The summed E-state index contributed by atoms with van der Waals surface area (Å²) in [4.78, 5) is 14.4. The molecule has 0 unspecified atom stereocenters. The van der Waals surface area contributed by atoms with Gasteiger partial charge in [0.15, 0.2) is 0 Å². The van der Waals surface area contributed by atoms with Crippen LogP contribution >= 0.6 is 0 Å². The van der Waals surface area contributed by atoms with E-state index in [1.54, 1.807) is 20.3 Å². The largest absolute Gasteiger partial charge is 0.497 e. The van der Waals surface area contributed by atoms with Gasteiger partial charge in [-0.3, -0.25) is 9.69 Å². The Hall–Kier alpha value is -3.33. The lowest BCUT2D eigenvalue weighted by atomic mass is 10.1. The molecule has 3 heterocycles. The summed E-state index contributed by atoms with van der Waals surface area (Å²) in [6.07, 6.45) is 4.38. The molecular weight excluding hydrogens is 398 g/mol. The molecule has 164 valence electrons. The Kier molecular flexibility index (Phi) is 6.51. The summed E-state index contributed by atoms with van der Waals surface area (Å²) < 4.78 is 18.0. The molecule has 3 aromatic rings. The third-order valence-electron chi connectivity index (χ3n) is 5.50. The molecule has 1 N–H and O–H groups in total. The fourth-order valence-electron chi connectivity index (χ4n) is 3.78. The van der Waals surface area contributed by atoms with Gasteiger partial charge in [-0.25, -0.2) is 0 Å². The third kappa shape index (κ3) is 4.88. The molecule has 0 radical (unpaired) electrons. The molecule has 1 aromatic carbocycles. The lowest BCUT2D eigenvalue weighted by molar-refractivity contribution is 0.0953. The predicted molar refractivity (Wildman–Crippen MR) is 113 cm³/mol. The third-order valence-corrected chi connectivity index (χ3v) is 5.50. The van der Waals surface area contributed by atoms with Crippen LogP contribution < -0.4 is 14.8 Å². The number of amides is 1. The van der Waals surface area contributed by atoms with Crippen LogP contribution in [-0.4, -0.2) is 59.4 Å². The molecule has 1 amide bonds. The van der Waals surface area contributed by atoms with Crippen LogP contribution in [0.4, 0.5) is 0 Å². The number of hydrogen-bond donors (Lipinski definition) is 1. The molecule has 0 fully saturated rings. The van der Waals surface area contributed by atoms with Crippen molar-refractivity contribution in [1.82, 2.24) is 25.0 Å². The second-order valence-electron chi connectivity index (χ2n) is 7.41. The molecule has 9 heteroatoms. The van der Waals surface area contributed by atoms with Crippen LogP contribution in [0.15, 0.2) is 41.2 Å². The number of aromatic nitrogens is 3. The van der Waals surface area contributed by atoms with E-state index < -0.39 is 0 Å². The molecular formula is C22H27N5O4. The lowest BCUT2D eigenvalue weighted by Gasteiger charge is -2.21. The zero-order valence-electron chi connectivity index (χ0n) is 17.8. The van der Waals surface area contributed by atoms with Crippen molar-refractivity contribution in [3.8, 4) is 11.5 Å². The highest BCUT2D eigenvalue weighted by Crippen LogP contribution is 2.26. The Morgan fingerprint density at radius 1 is 1.16 bits per heavy atom. The van der Waals surface area contributed by atoms with Gasteiger partial charge in [0, 0.05) is 57.2 Å². The van der Waals surface area contributed by atoms with Crippen LogP contribution in [0.25, 0.3) is 0 Å². The van der Waals surface area contributed by atoms with E-state index in [0.29, 0.717) is 18.5 Å². The number of fused-ring (bicyclic) bond motifs is 1. The topological polar surface area (TPSA) is 94.6 Å². The van der Waals surface area contributed by atoms with Gasteiger partial charge >= 0.3 is 0 Å². The Balaban J connectivity index is 1.34. The second-order valence-corrected chi connectivity index (χ2v) is 7.41.